The zero-order chi connectivity index (χ0) is 15.2. The van der Waals surface area contributed by atoms with Crippen molar-refractivity contribution >= 4 is 27.9 Å². The van der Waals surface area contributed by atoms with E-state index in [4.69, 9.17) is 9.84 Å². The van der Waals surface area contributed by atoms with Crippen molar-refractivity contribution in [1.29, 1.82) is 0 Å². The smallest absolute Gasteiger partial charge is 0.335 e. The number of carbonyl (C=O) groups excluding carboxylic acids is 1. The Hall–Kier alpha value is -2.14. The summed E-state index contributed by atoms with van der Waals surface area (Å²) in [4.78, 5) is 22.6. The summed E-state index contributed by atoms with van der Waals surface area (Å²) in [6, 6.07) is 13.9. The summed E-state index contributed by atoms with van der Waals surface area (Å²) in [5, 5.41) is 8.86. The minimum Gasteiger partial charge on any atom is -0.478 e. The second-order valence-corrected chi connectivity index (χ2v) is 5.26. The maximum absolute atomic E-state index is 11.8. The Balaban J connectivity index is 1.95. The van der Waals surface area contributed by atoms with E-state index in [2.05, 4.69) is 15.9 Å². The Morgan fingerprint density at radius 2 is 1.81 bits per heavy atom. The van der Waals surface area contributed by atoms with Gasteiger partial charge in [-0.25, -0.2) is 4.79 Å². The van der Waals surface area contributed by atoms with Crippen LogP contribution in [0.1, 0.15) is 22.3 Å². The van der Waals surface area contributed by atoms with Gasteiger partial charge in [0.15, 0.2) is 0 Å². The number of hydrogen-bond acceptors (Lipinski definition) is 3. The molecule has 0 unspecified atom stereocenters. The lowest BCUT2D eigenvalue weighted by Gasteiger charge is -2.07. The highest BCUT2D eigenvalue weighted by atomic mass is 79.9. The molecule has 0 aliphatic rings. The van der Waals surface area contributed by atoms with Crippen LogP contribution in [0.25, 0.3) is 0 Å². The van der Waals surface area contributed by atoms with E-state index in [1.807, 2.05) is 30.3 Å². The Kier molecular flexibility index (Phi) is 5.11. The monoisotopic (exact) mass is 348 g/mol. The van der Waals surface area contributed by atoms with Crippen molar-refractivity contribution in [3.8, 4) is 5.75 Å². The van der Waals surface area contributed by atoms with Crippen molar-refractivity contribution in [2.75, 3.05) is 0 Å². The molecule has 21 heavy (non-hydrogen) atoms. The van der Waals surface area contributed by atoms with E-state index < -0.39 is 5.97 Å². The Labute approximate surface area is 130 Å². The lowest BCUT2D eigenvalue weighted by molar-refractivity contribution is -0.134. The molecule has 0 saturated heterocycles. The molecule has 1 N–H and O–H groups in total. The van der Waals surface area contributed by atoms with E-state index in [-0.39, 0.29) is 18.0 Å². The lowest BCUT2D eigenvalue weighted by Crippen LogP contribution is -2.09. The van der Waals surface area contributed by atoms with Crippen LogP contribution in [0.15, 0.2) is 53.0 Å². The number of aryl methyl sites for hydroxylation is 1. The van der Waals surface area contributed by atoms with E-state index >= 15 is 0 Å². The number of benzene rings is 2. The maximum atomic E-state index is 11.8. The fourth-order valence-electron chi connectivity index (χ4n) is 1.78. The molecule has 0 bridgehead atoms. The number of ether oxygens (including phenoxy) is 1. The fourth-order valence-corrected chi connectivity index (χ4v) is 2.24. The molecular formula is C16H13BrO4. The molecule has 5 heteroatoms. The molecule has 0 aliphatic heterocycles. The highest BCUT2D eigenvalue weighted by Crippen LogP contribution is 2.26. The van der Waals surface area contributed by atoms with Crippen molar-refractivity contribution in [2.45, 2.75) is 12.8 Å². The largest absolute Gasteiger partial charge is 0.478 e. The summed E-state index contributed by atoms with van der Waals surface area (Å²) < 4.78 is 5.66. The van der Waals surface area contributed by atoms with Crippen LogP contribution in [0.5, 0.6) is 5.75 Å². The van der Waals surface area contributed by atoms with E-state index in [9.17, 15) is 9.59 Å². The molecule has 0 heterocycles. The maximum Gasteiger partial charge on any atom is 0.335 e. The second-order valence-electron chi connectivity index (χ2n) is 4.41. The van der Waals surface area contributed by atoms with Gasteiger partial charge in [0.25, 0.3) is 0 Å². The first-order valence-electron chi connectivity index (χ1n) is 6.33. The molecule has 0 amide bonds. The summed E-state index contributed by atoms with van der Waals surface area (Å²) in [6.45, 7) is 0. The molecule has 0 radical (unpaired) electrons. The van der Waals surface area contributed by atoms with Gasteiger partial charge in [-0.05, 0) is 46.1 Å². The van der Waals surface area contributed by atoms with Crippen LogP contribution in [0.4, 0.5) is 0 Å². The van der Waals surface area contributed by atoms with Crippen LogP contribution in [0.2, 0.25) is 0 Å². The van der Waals surface area contributed by atoms with Crippen molar-refractivity contribution in [1.82, 2.24) is 0 Å². The quantitative estimate of drug-likeness (QED) is 0.661. The number of aromatic carboxylic acids is 1. The predicted molar refractivity (Wildman–Crippen MR) is 81.5 cm³/mol. The first kappa shape index (κ1) is 15.3. The minimum absolute atomic E-state index is 0.131. The van der Waals surface area contributed by atoms with Gasteiger partial charge >= 0.3 is 11.9 Å². The standard InChI is InChI=1S/C16H13BrO4/c17-13-10-12(16(19)20)7-8-14(13)21-15(18)9-6-11-4-2-1-3-5-11/h1-5,7-8,10H,6,9H2,(H,19,20). The van der Waals surface area contributed by atoms with Gasteiger partial charge in [0.05, 0.1) is 10.0 Å². The zero-order valence-corrected chi connectivity index (χ0v) is 12.7. The molecule has 2 aromatic rings. The fraction of sp³-hybridized carbons (Fsp3) is 0.125. The Morgan fingerprint density at radius 1 is 1.10 bits per heavy atom. The van der Waals surface area contributed by atoms with Crippen LogP contribution in [-0.4, -0.2) is 17.0 Å². The number of halogens is 1. The molecule has 0 fully saturated rings. The van der Waals surface area contributed by atoms with Gasteiger partial charge in [-0.15, -0.1) is 0 Å². The van der Waals surface area contributed by atoms with E-state index in [1.54, 1.807) is 0 Å². The first-order chi connectivity index (χ1) is 10.1. The highest BCUT2D eigenvalue weighted by molar-refractivity contribution is 9.10. The molecule has 2 aromatic carbocycles. The number of carbonyl (C=O) groups is 2. The van der Waals surface area contributed by atoms with Gasteiger partial charge in [0.1, 0.15) is 5.75 Å². The number of carboxylic acids is 1. The van der Waals surface area contributed by atoms with Crippen molar-refractivity contribution in [2.24, 2.45) is 0 Å². The van der Waals surface area contributed by atoms with Gasteiger partial charge < -0.3 is 9.84 Å². The number of rotatable bonds is 5. The molecule has 4 nitrogen and oxygen atoms in total. The zero-order valence-electron chi connectivity index (χ0n) is 11.1. The second kappa shape index (κ2) is 7.04. The summed E-state index contributed by atoms with van der Waals surface area (Å²) >= 11 is 3.20. The van der Waals surface area contributed by atoms with Gasteiger partial charge in [-0.1, -0.05) is 30.3 Å². The molecule has 0 atom stereocenters. The van der Waals surface area contributed by atoms with Gasteiger partial charge in [-0.3, -0.25) is 4.79 Å². The summed E-state index contributed by atoms with van der Waals surface area (Å²) in [7, 11) is 0. The summed E-state index contributed by atoms with van der Waals surface area (Å²) in [5.74, 6) is -1.07. The van der Waals surface area contributed by atoms with E-state index in [0.29, 0.717) is 16.6 Å². The summed E-state index contributed by atoms with van der Waals surface area (Å²) in [6.07, 6.45) is 0.863. The number of carboxylic acid groups (broad SMARTS) is 1. The van der Waals surface area contributed by atoms with Crippen LogP contribution < -0.4 is 4.74 Å². The van der Waals surface area contributed by atoms with Crippen LogP contribution in [0.3, 0.4) is 0 Å². The summed E-state index contributed by atoms with van der Waals surface area (Å²) in [5.41, 5.74) is 1.20. The average molecular weight is 349 g/mol. The van der Waals surface area contributed by atoms with Gasteiger partial charge in [0.2, 0.25) is 0 Å². The van der Waals surface area contributed by atoms with Crippen LogP contribution in [0, 0.1) is 0 Å². The van der Waals surface area contributed by atoms with E-state index in [1.165, 1.54) is 18.2 Å². The molecule has 0 spiro atoms. The molecular weight excluding hydrogens is 336 g/mol. The van der Waals surface area contributed by atoms with Crippen LogP contribution >= 0.6 is 15.9 Å². The normalized spacial score (nSPS) is 10.1. The Bertz CT molecular complexity index is 653. The van der Waals surface area contributed by atoms with Crippen molar-refractivity contribution in [3.05, 3.63) is 64.1 Å². The molecule has 0 saturated carbocycles. The SMILES string of the molecule is O=C(CCc1ccccc1)Oc1ccc(C(=O)O)cc1Br. The highest BCUT2D eigenvalue weighted by Gasteiger charge is 2.11. The van der Waals surface area contributed by atoms with E-state index in [0.717, 1.165) is 5.56 Å². The number of esters is 1. The number of hydrogen-bond donors (Lipinski definition) is 1. The third-order valence-electron chi connectivity index (χ3n) is 2.86. The van der Waals surface area contributed by atoms with Gasteiger partial charge in [0, 0.05) is 6.42 Å². The third-order valence-corrected chi connectivity index (χ3v) is 3.48. The molecule has 108 valence electrons. The molecule has 0 aliphatic carbocycles. The van der Waals surface area contributed by atoms with Crippen LogP contribution in [-0.2, 0) is 11.2 Å². The molecule has 0 aromatic heterocycles. The first-order valence-corrected chi connectivity index (χ1v) is 7.13. The molecule has 2 rings (SSSR count). The minimum atomic E-state index is -1.03. The van der Waals surface area contributed by atoms with Gasteiger partial charge in [-0.2, -0.15) is 0 Å². The van der Waals surface area contributed by atoms with Crippen molar-refractivity contribution < 1.29 is 19.4 Å². The predicted octanol–water partition coefficient (Wildman–Crippen LogP) is 3.69. The lowest BCUT2D eigenvalue weighted by atomic mass is 10.1. The average Bonchev–Trinajstić information content (AvgIpc) is 2.48. The van der Waals surface area contributed by atoms with Crippen molar-refractivity contribution in [3.63, 3.8) is 0 Å². The Morgan fingerprint density at radius 3 is 2.43 bits per heavy atom. The third kappa shape index (κ3) is 4.43. The topological polar surface area (TPSA) is 63.6 Å².